The fraction of sp³-hybridized carbons (Fsp3) is 0.294. The first-order chi connectivity index (χ1) is 19.8. The average Bonchev–Trinajstić information content (AvgIpc) is 3.01. The van der Waals surface area contributed by atoms with Crippen LogP contribution in [0.1, 0.15) is 22.3 Å². The Morgan fingerprint density at radius 2 is 0.850 bits per heavy atom. The second-order valence-electron chi connectivity index (χ2n) is 9.81. The van der Waals surface area contributed by atoms with E-state index in [0.29, 0.717) is 33.0 Å². The summed E-state index contributed by atoms with van der Waals surface area (Å²) in [6, 6.07) is 40.6. The smallest absolute Gasteiger partial charge is 0.141 e. The molecule has 0 bridgehead atoms. The summed E-state index contributed by atoms with van der Waals surface area (Å²) in [4.78, 5) is 0. The van der Waals surface area contributed by atoms with Crippen molar-refractivity contribution in [2.24, 2.45) is 0 Å². The van der Waals surface area contributed by atoms with Crippen molar-refractivity contribution in [2.75, 3.05) is 6.61 Å². The molecule has 1 heterocycles. The first-order valence-electron chi connectivity index (χ1n) is 13.6. The fourth-order valence-corrected chi connectivity index (χ4v) is 5.46. The number of alkyl halides is 1. The summed E-state index contributed by atoms with van der Waals surface area (Å²) in [5, 5.41) is -0.404. The third-order valence-electron chi connectivity index (χ3n) is 6.83. The summed E-state index contributed by atoms with van der Waals surface area (Å²) in [6.07, 6.45) is -1.60. The molecule has 208 valence electrons. The minimum atomic E-state index is -0.422. The van der Waals surface area contributed by atoms with Crippen molar-refractivity contribution in [3.8, 4) is 0 Å². The lowest BCUT2D eigenvalue weighted by molar-refractivity contribution is -0.253. The predicted molar refractivity (Wildman–Crippen MR) is 159 cm³/mol. The van der Waals surface area contributed by atoms with Crippen molar-refractivity contribution < 1.29 is 23.7 Å². The van der Waals surface area contributed by atoms with Crippen LogP contribution in [-0.4, -0.2) is 36.0 Å². The molecular formula is C34H35BrO5. The molecule has 1 saturated heterocycles. The van der Waals surface area contributed by atoms with Crippen molar-refractivity contribution >= 4 is 15.9 Å². The Hall–Kier alpha value is -2.84. The van der Waals surface area contributed by atoms with Crippen LogP contribution in [0, 0.1) is 0 Å². The summed E-state index contributed by atoms with van der Waals surface area (Å²) in [7, 11) is 0. The van der Waals surface area contributed by atoms with Crippen LogP contribution in [0.15, 0.2) is 121 Å². The van der Waals surface area contributed by atoms with Gasteiger partial charge in [-0.15, -0.1) is 0 Å². The number of halogens is 1. The van der Waals surface area contributed by atoms with Gasteiger partial charge in [-0.1, -0.05) is 137 Å². The van der Waals surface area contributed by atoms with Crippen LogP contribution in [-0.2, 0) is 50.1 Å². The van der Waals surface area contributed by atoms with Gasteiger partial charge in [0, 0.05) is 0 Å². The van der Waals surface area contributed by atoms with E-state index >= 15 is 0 Å². The highest BCUT2D eigenvalue weighted by Gasteiger charge is 2.47. The van der Waals surface area contributed by atoms with Crippen LogP contribution in [0.5, 0.6) is 0 Å². The van der Waals surface area contributed by atoms with Crippen molar-refractivity contribution in [3.63, 3.8) is 0 Å². The van der Waals surface area contributed by atoms with E-state index in [4.69, 9.17) is 23.7 Å². The molecule has 1 fully saturated rings. The number of hydrogen-bond donors (Lipinski definition) is 0. The van der Waals surface area contributed by atoms with Gasteiger partial charge in [0.2, 0.25) is 0 Å². The first kappa shape index (κ1) is 28.7. The van der Waals surface area contributed by atoms with Crippen LogP contribution in [0.2, 0.25) is 0 Å². The molecule has 0 radical (unpaired) electrons. The van der Waals surface area contributed by atoms with E-state index in [9.17, 15) is 0 Å². The molecule has 1 aliphatic rings. The third kappa shape index (κ3) is 8.33. The van der Waals surface area contributed by atoms with Crippen molar-refractivity contribution in [1.82, 2.24) is 0 Å². The summed E-state index contributed by atoms with van der Waals surface area (Å²) >= 11 is 3.76. The molecule has 0 N–H and O–H groups in total. The van der Waals surface area contributed by atoms with Crippen LogP contribution in [0.4, 0.5) is 0 Å². The topological polar surface area (TPSA) is 46.2 Å². The van der Waals surface area contributed by atoms with E-state index < -0.39 is 23.3 Å². The monoisotopic (exact) mass is 602 g/mol. The minimum Gasteiger partial charge on any atom is -0.374 e. The summed E-state index contributed by atoms with van der Waals surface area (Å²) in [5.74, 6) is 0. The molecule has 0 spiro atoms. The van der Waals surface area contributed by atoms with E-state index in [1.165, 1.54) is 0 Å². The molecule has 5 atom stereocenters. The van der Waals surface area contributed by atoms with E-state index in [2.05, 4.69) is 64.5 Å². The normalized spacial score (nSPS) is 22.7. The van der Waals surface area contributed by atoms with Gasteiger partial charge in [-0.25, -0.2) is 0 Å². The minimum absolute atomic E-state index is 0.354. The van der Waals surface area contributed by atoms with Crippen molar-refractivity contribution in [1.29, 1.82) is 0 Å². The standard InChI is InChI=1S/C34H35BrO5/c35-34-33(39-24-29-19-11-4-12-20-29)32(38-23-28-17-9-3-10-18-28)31(37-22-27-15-7-2-8-16-27)30(40-34)25-36-21-26-13-5-1-6-14-26/h1-20,30-34H,21-25H2/t30-,31+,32+,33-,34+/m1/s1. The highest BCUT2D eigenvalue weighted by Crippen LogP contribution is 2.33. The molecule has 0 aromatic heterocycles. The number of benzene rings is 4. The van der Waals surface area contributed by atoms with Gasteiger partial charge in [0.1, 0.15) is 29.4 Å². The van der Waals surface area contributed by atoms with Gasteiger partial charge in [0.25, 0.3) is 0 Å². The lowest BCUT2D eigenvalue weighted by Gasteiger charge is -2.44. The molecule has 1 aliphatic heterocycles. The molecule has 4 aromatic rings. The SMILES string of the molecule is Br[C@H]1O[C@H](COCc2ccccc2)[C@H](OCc2ccccc2)[C@H](OCc2ccccc2)[C@H]1OCc1ccccc1. The Morgan fingerprint density at radius 3 is 1.30 bits per heavy atom. The van der Waals surface area contributed by atoms with E-state index in [0.717, 1.165) is 22.3 Å². The number of ether oxygens (including phenoxy) is 5. The van der Waals surface area contributed by atoms with Crippen LogP contribution < -0.4 is 0 Å². The van der Waals surface area contributed by atoms with Crippen LogP contribution in [0.3, 0.4) is 0 Å². The molecule has 5 nitrogen and oxygen atoms in total. The Labute approximate surface area is 245 Å². The molecule has 40 heavy (non-hydrogen) atoms. The molecule has 6 heteroatoms. The third-order valence-corrected chi connectivity index (χ3v) is 7.56. The zero-order valence-corrected chi connectivity index (χ0v) is 24.0. The maximum absolute atomic E-state index is 6.62. The number of hydrogen-bond acceptors (Lipinski definition) is 5. The largest absolute Gasteiger partial charge is 0.374 e. The summed E-state index contributed by atoms with van der Waals surface area (Å²) in [6.45, 7) is 2.13. The molecule has 5 rings (SSSR count). The second kappa shape index (κ2) is 15.2. The van der Waals surface area contributed by atoms with Gasteiger partial charge >= 0.3 is 0 Å². The zero-order chi connectivity index (χ0) is 27.4. The predicted octanol–water partition coefficient (Wildman–Crippen LogP) is 7.08. The van der Waals surface area contributed by atoms with Gasteiger partial charge in [-0.3, -0.25) is 0 Å². The Morgan fingerprint density at radius 1 is 0.475 bits per heavy atom. The van der Waals surface area contributed by atoms with Gasteiger partial charge in [-0.2, -0.15) is 0 Å². The van der Waals surface area contributed by atoms with E-state index in [1.807, 2.05) is 72.8 Å². The maximum Gasteiger partial charge on any atom is 0.141 e. The van der Waals surface area contributed by atoms with E-state index in [1.54, 1.807) is 0 Å². The molecule has 0 aliphatic carbocycles. The van der Waals surface area contributed by atoms with Crippen LogP contribution >= 0.6 is 15.9 Å². The molecule has 0 saturated carbocycles. The van der Waals surface area contributed by atoms with Gasteiger partial charge in [-0.05, 0) is 22.3 Å². The van der Waals surface area contributed by atoms with Gasteiger partial charge < -0.3 is 23.7 Å². The van der Waals surface area contributed by atoms with E-state index in [-0.39, 0.29) is 6.10 Å². The highest BCUT2D eigenvalue weighted by atomic mass is 79.9. The van der Waals surface area contributed by atoms with Gasteiger partial charge in [0.15, 0.2) is 0 Å². The Balaban J connectivity index is 1.36. The zero-order valence-electron chi connectivity index (χ0n) is 22.4. The maximum atomic E-state index is 6.62. The lowest BCUT2D eigenvalue weighted by Crippen LogP contribution is -2.59. The average molecular weight is 604 g/mol. The first-order valence-corrected chi connectivity index (χ1v) is 14.6. The molecular weight excluding hydrogens is 568 g/mol. The van der Waals surface area contributed by atoms with Crippen LogP contribution in [0.25, 0.3) is 0 Å². The Kier molecular flexibility index (Phi) is 10.9. The van der Waals surface area contributed by atoms with Crippen molar-refractivity contribution in [3.05, 3.63) is 144 Å². The Bertz CT molecular complexity index is 1240. The highest BCUT2D eigenvalue weighted by molar-refractivity contribution is 9.09. The number of rotatable bonds is 13. The van der Waals surface area contributed by atoms with Crippen molar-refractivity contribution in [2.45, 2.75) is 55.9 Å². The lowest BCUT2D eigenvalue weighted by atomic mass is 9.99. The van der Waals surface area contributed by atoms with Gasteiger partial charge in [0.05, 0.1) is 33.0 Å². The quantitative estimate of drug-likeness (QED) is 0.153. The molecule has 0 amide bonds. The summed E-state index contributed by atoms with van der Waals surface area (Å²) in [5.41, 5.74) is 4.35. The molecule has 4 aromatic carbocycles. The second-order valence-corrected chi connectivity index (χ2v) is 10.7. The fourth-order valence-electron chi connectivity index (χ4n) is 4.73. The summed E-state index contributed by atoms with van der Waals surface area (Å²) < 4.78 is 32.3. The molecule has 0 unspecified atom stereocenters.